The lowest BCUT2D eigenvalue weighted by Crippen LogP contribution is -2.31. The number of hydrogen-bond donors (Lipinski definition) is 2. The van der Waals surface area contributed by atoms with Gasteiger partial charge in [-0.05, 0) is 27.0 Å². The number of nitrogen functional groups attached to an aromatic ring is 1. The fourth-order valence-electron chi connectivity index (χ4n) is 1.32. The van der Waals surface area contributed by atoms with Gasteiger partial charge in [0.2, 0.25) is 0 Å². The normalized spacial score (nSPS) is 10.6. The topological polar surface area (TPSA) is 78.0 Å². The lowest BCUT2D eigenvalue weighted by atomic mass is 10.2. The van der Waals surface area contributed by atoms with Crippen molar-refractivity contribution in [1.29, 1.82) is 5.26 Å². The first-order valence-corrected chi connectivity index (χ1v) is 5.65. The van der Waals surface area contributed by atoms with Crippen LogP contribution in [-0.2, 0) is 0 Å². The van der Waals surface area contributed by atoms with Gasteiger partial charge in [0.15, 0.2) is 5.82 Å². The molecule has 0 radical (unpaired) electrons. The van der Waals surface area contributed by atoms with Gasteiger partial charge in [-0.3, -0.25) is 0 Å². The minimum Gasteiger partial charge on any atom is -0.395 e. The molecule has 1 rings (SSSR count). The molecule has 17 heavy (non-hydrogen) atoms. The number of anilines is 2. The van der Waals surface area contributed by atoms with E-state index in [1.165, 1.54) is 0 Å². The second-order valence-corrected chi connectivity index (χ2v) is 4.23. The molecule has 0 atom stereocenters. The van der Waals surface area contributed by atoms with E-state index in [0.29, 0.717) is 23.1 Å². The molecule has 0 amide bonds. The molecule has 0 bridgehead atoms. The first kappa shape index (κ1) is 13.3. The summed E-state index contributed by atoms with van der Waals surface area (Å²) in [6.07, 6.45) is 1.59. The molecule has 5 heteroatoms. The van der Waals surface area contributed by atoms with Crippen LogP contribution in [0.2, 0.25) is 0 Å². The Balaban J connectivity index is 2.56. The second-order valence-electron chi connectivity index (χ2n) is 4.23. The van der Waals surface area contributed by atoms with Gasteiger partial charge in [0.05, 0.1) is 11.3 Å². The summed E-state index contributed by atoms with van der Waals surface area (Å²) < 4.78 is 0. The molecule has 92 valence electrons. The van der Waals surface area contributed by atoms with Gasteiger partial charge in [-0.1, -0.05) is 0 Å². The van der Waals surface area contributed by atoms with Crippen LogP contribution in [0.4, 0.5) is 11.5 Å². The number of pyridine rings is 1. The summed E-state index contributed by atoms with van der Waals surface area (Å²) >= 11 is 0. The van der Waals surface area contributed by atoms with Gasteiger partial charge in [-0.15, -0.1) is 0 Å². The zero-order chi connectivity index (χ0) is 12.8. The van der Waals surface area contributed by atoms with Gasteiger partial charge in [0.25, 0.3) is 0 Å². The first-order valence-electron chi connectivity index (χ1n) is 5.65. The highest BCUT2D eigenvalue weighted by atomic mass is 15.1. The molecule has 0 aliphatic carbocycles. The van der Waals surface area contributed by atoms with Crippen LogP contribution in [0.1, 0.15) is 19.4 Å². The Morgan fingerprint density at radius 1 is 1.59 bits per heavy atom. The lowest BCUT2D eigenvalue weighted by Gasteiger charge is -2.21. The highest BCUT2D eigenvalue weighted by Gasteiger charge is 2.06. The second kappa shape index (κ2) is 6.06. The van der Waals surface area contributed by atoms with Crippen LogP contribution in [0.25, 0.3) is 0 Å². The van der Waals surface area contributed by atoms with Crippen molar-refractivity contribution in [3.05, 3.63) is 17.8 Å². The van der Waals surface area contributed by atoms with Crippen LogP contribution in [0.15, 0.2) is 12.3 Å². The molecule has 0 aromatic carbocycles. The largest absolute Gasteiger partial charge is 0.395 e. The number of nitrogens with one attached hydrogen (secondary N) is 1. The van der Waals surface area contributed by atoms with E-state index in [1.54, 1.807) is 12.3 Å². The summed E-state index contributed by atoms with van der Waals surface area (Å²) in [5, 5.41) is 12.0. The van der Waals surface area contributed by atoms with Crippen LogP contribution >= 0.6 is 0 Å². The highest BCUT2D eigenvalue weighted by molar-refractivity contribution is 5.68. The van der Waals surface area contributed by atoms with Gasteiger partial charge in [0, 0.05) is 25.3 Å². The number of nitriles is 1. The summed E-state index contributed by atoms with van der Waals surface area (Å²) in [6.45, 7) is 5.93. The number of rotatable bonds is 5. The van der Waals surface area contributed by atoms with E-state index in [9.17, 15) is 0 Å². The average Bonchev–Trinajstić information content (AvgIpc) is 2.31. The predicted octanol–water partition coefficient (Wildman–Crippen LogP) is 1.29. The third kappa shape index (κ3) is 3.61. The van der Waals surface area contributed by atoms with Gasteiger partial charge in [-0.2, -0.15) is 5.26 Å². The van der Waals surface area contributed by atoms with Crippen molar-refractivity contribution < 1.29 is 0 Å². The van der Waals surface area contributed by atoms with E-state index < -0.39 is 0 Å². The number of aromatic nitrogens is 1. The summed E-state index contributed by atoms with van der Waals surface area (Å²) in [5.41, 5.74) is 6.69. The minimum absolute atomic E-state index is 0.419. The Hall–Kier alpha value is -1.80. The molecule has 1 aromatic heterocycles. The van der Waals surface area contributed by atoms with E-state index >= 15 is 0 Å². The number of nitrogens with zero attached hydrogens (tertiary/aromatic N) is 3. The molecular weight excluding hydrogens is 214 g/mol. The van der Waals surface area contributed by atoms with E-state index in [1.807, 2.05) is 6.07 Å². The maximum atomic E-state index is 8.84. The molecule has 0 fully saturated rings. The molecule has 0 saturated heterocycles. The lowest BCUT2D eigenvalue weighted by molar-refractivity contribution is 0.284. The Labute approximate surface area is 102 Å². The fraction of sp³-hybridized carbons (Fsp3) is 0.500. The quantitative estimate of drug-likeness (QED) is 0.801. The van der Waals surface area contributed by atoms with Gasteiger partial charge in [-0.25, -0.2) is 4.98 Å². The molecule has 5 nitrogen and oxygen atoms in total. The summed E-state index contributed by atoms with van der Waals surface area (Å²) in [7, 11) is 2.06. The van der Waals surface area contributed by atoms with Crippen molar-refractivity contribution in [2.24, 2.45) is 0 Å². The van der Waals surface area contributed by atoms with E-state index in [2.05, 4.69) is 36.1 Å². The van der Waals surface area contributed by atoms with Crippen molar-refractivity contribution in [2.45, 2.75) is 19.9 Å². The fourth-order valence-corrected chi connectivity index (χ4v) is 1.32. The first-order chi connectivity index (χ1) is 8.06. The van der Waals surface area contributed by atoms with Gasteiger partial charge >= 0.3 is 0 Å². The smallest absolute Gasteiger partial charge is 0.150 e. The molecule has 0 aliphatic rings. The molecule has 3 N–H and O–H groups in total. The standard InChI is InChI=1S/C12H19N5/c1-9(2)17(3)7-6-16-12-11(14)10(8-13)4-5-15-12/h4-5,9H,6-7,14H2,1-3H3,(H,15,16). The van der Waals surface area contributed by atoms with Crippen molar-refractivity contribution in [1.82, 2.24) is 9.88 Å². The Morgan fingerprint density at radius 3 is 2.88 bits per heavy atom. The van der Waals surface area contributed by atoms with E-state index in [-0.39, 0.29) is 0 Å². The SMILES string of the molecule is CC(C)N(C)CCNc1nccc(C#N)c1N. The monoisotopic (exact) mass is 233 g/mol. The van der Waals surface area contributed by atoms with Crippen molar-refractivity contribution in [2.75, 3.05) is 31.2 Å². The van der Waals surface area contributed by atoms with Gasteiger partial charge < -0.3 is 16.0 Å². The van der Waals surface area contributed by atoms with Crippen molar-refractivity contribution >= 4 is 11.5 Å². The molecule has 0 saturated carbocycles. The Bertz CT molecular complexity index is 408. The third-order valence-electron chi connectivity index (χ3n) is 2.75. The summed E-state index contributed by atoms with van der Waals surface area (Å²) in [4.78, 5) is 6.34. The molecule has 1 aromatic rings. The predicted molar refractivity (Wildman–Crippen MR) is 69.6 cm³/mol. The van der Waals surface area contributed by atoms with Crippen LogP contribution in [0.5, 0.6) is 0 Å². The molecule has 0 spiro atoms. The number of likely N-dealkylation sites (N-methyl/N-ethyl adjacent to an activating group) is 1. The molecule has 0 aliphatic heterocycles. The van der Waals surface area contributed by atoms with Crippen LogP contribution in [0.3, 0.4) is 0 Å². The highest BCUT2D eigenvalue weighted by Crippen LogP contribution is 2.18. The van der Waals surface area contributed by atoms with E-state index in [4.69, 9.17) is 11.0 Å². The van der Waals surface area contributed by atoms with Crippen LogP contribution in [0, 0.1) is 11.3 Å². The average molecular weight is 233 g/mol. The molecular formula is C12H19N5. The zero-order valence-electron chi connectivity index (χ0n) is 10.6. The van der Waals surface area contributed by atoms with Crippen molar-refractivity contribution in [3.63, 3.8) is 0 Å². The Morgan fingerprint density at radius 2 is 2.29 bits per heavy atom. The van der Waals surface area contributed by atoms with Gasteiger partial charge in [0.1, 0.15) is 6.07 Å². The maximum Gasteiger partial charge on any atom is 0.150 e. The van der Waals surface area contributed by atoms with E-state index in [0.717, 1.165) is 13.1 Å². The van der Waals surface area contributed by atoms with Crippen LogP contribution < -0.4 is 11.1 Å². The van der Waals surface area contributed by atoms with Crippen LogP contribution in [-0.4, -0.2) is 36.1 Å². The number of hydrogen-bond acceptors (Lipinski definition) is 5. The Kier molecular flexibility index (Phi) is 4.73. The minimum atomic E-state index is 0.419. The maximum absolute atomic E-state index is 8.84. The van der Waals surface area contributed by atoms with Crippen molar-refractivity contribution in [3.8, 4) is 6.07 Å². The zero-order valence-corrected chi connectivity index (χ0v) is 10.6. The molecule has 0 unspecified atom stereocenters. The number of nitrogens with two attached hydrogens (primary N) is 1. The molecule has 1 heterocycles. The third-order valence-corrected chi connectivity index (χ3v) is 2.75. The summed E-state index contributed by atoms with van der Waals surface area (Å²) in [5.74, 6) is 0.584. The summed E-state index contributed by atoms with van der Waals surface area (Å²) in [6, 6.07) is 4.16.